The Hall–Kier alpha value is -1.67. The molecule has 0 spiro atoms. The Morgan fingerprint density at radius 1 is 1.29 bits per heavy atom. The molecule has 0 amide bonds. The number of nitrogens with two attached hydrogens (primary N) is 1. The Kier molecular flexibility index (Phi) is 4.79. The highest BCUT2D eigenvalue weighted by molar-refractivity contribution is 5.46. The summed E-state index contributed by atoms with van der Waals surface area (Å²) in [6.07, 6.45) is 0. The van der Waals surface area contributed by atoms with Gasteiger partial charge in [0.25, 0.3) is 0 Å². The fourth-order valence-corrected chi connectivity index (χ4v) is 2.42. The van der Waals surface area contributed by atoms with E-state index in [2.05, 4.69) is 57.9 Å². The Morgan fingerprint density at radius 3 is 2.57 bits per heavy atom. The van der Waals surface area contributed by atoms with Gasteiger partial charge in [-0.2, -0.15) is 15.0 Å². The lowest BCUT2D eigenvalue weighted by atomic mass is 10.0. The van der Waals surface area contributed by atoms with Crippen LogP contribution in [0.3, 0.4) is 0 Å². The summed E-state index contributed by atoms with van der Waals surface area (Å²) in [7, 11) is 0. The Bertz CT molecular complexity index is 476. The normalized spacial score (nSPS) is 17.7. The average molecular weight is 295 g/mol. The van der Waals surface area contributed by atoms with Gasteiger partial charge in [0.05, 0.1) is 18.8 Å². The molecule has 1 aromatic heterocycles. The molecule has 118 valence electrons. The molecular weight excluding hydrogens is 270 g/mol. The number of aromatic nitrogens is 3. The third-order valence-corrected chi connectivity index (χ3v) is 3.67. The number of nitrogens with one attached hydrogen (secondary N) is 1. The number of morpholine rings is 1. The topological polar surface area (TPSA) is 92.4 Å². The fourth-order valence-electron chi connectivity index (χ4n) is 2.42. The molecule has 8 nitrogen and oxygen atoms in total. The summed E-state index contributed by atoms with van der Waals surface area (Å²) in [4.78, 5) is 17.6. The van der Waals surface area contributed by atoms with E-state index in [1.165, 1.54) is 0 Å². The zero-order valence-corrected chi connectivity index (χ0v) is 13.3. The number of ether oxygens (including phenoxy) is 1. The van der Waals surface area contributed by atoms with Crippen molar-refractivity contribution in [3.8, 4) is 0 Å². The number of hydrogen-bond acceptors (Lipinski definition) is 8. The lowest BCUT2D eigenvalue weighted by Gasteiger charge is -2.42. The monoisotopic (exact) mass is 295 g/mol. The van der Waals surface area contributed by atoms with Gasteiger partial charge in [-0.1, -0.05) is 0 Å². The lowest BCUT2D eigenvalue weighted by molar-refractivity contribution is 0.0634. The summed E-state index contributed by atoms with van der Waals surface area (Å²) in [6.45, 7) is 12.1. The van der Waals surface area contributed by atoms with Crippen molar-refractivity contribution in [2.45, 2.75) is 33.2 Å². The number of nitrogen functional groups attached to an aromatic ring is 1. The van der Waals surface area contributed by atoms with Gasteiger partial charge < -0.3 is 14.5 Å². The largest absolute Gasteiger partial charge is 0.377 e. The highest BCUT2D eigenvalue weighted by Crippen LogP contribution is 2.25. The van der Waals surface area contributed by atoms with Gasteiger partial charge in [-0.05, 0) is 27.7 Å². The molecule has 1 aliphatic rings. The van der Waals surface area contributed by atoms with E-state index in [0.717, 1.165) is 19.6 Å². The van der Waals surface area contributed by atoms with Crippen molar-refractivity contribution in [3.63, 3.8) is 0 Å². The van der Waals surface area contributed by atoms with E-state index in [0.29, 0.717) is 31.1 Å². The highest BCUT2D eigenvalue weighted by Gasteiger charge is 2.33. The fraction of sp³-hybridized carbons (Fsp3) is 0.769. The van der Waals surface area contributed by atoms with Crippen molar-refractivity contribution in [2.75, 3.05) is 48.1 Å². The molecule has 2 rings (SSSR count). The second-order valence-corrected chi connectivity index (χ2v) is 5.59. The van der Waals surface area contributed by atoms with Crippen molar-refractivity contribution < 1.29 is 4.74 Å². The molecule has 3 N–H and O–H groups in total. The van der Waals surface area contributed by atoms with Gasteiger partial charge in [0.1, 0.15) is 0 Å². The van der Waals surface area contributed by atoms with Crippen molar-refractivity contribution in [1.29, 1.82) is 0 Å². The van der Waals surface area contributed by atoms with Crippen LogP contribution in [0.5, 0.6) is 0 Å². The minimum Gasteiger partial charge on any atom is -0.377 e. The summed E-state index contributed by atoms with van der Waals surface area (Å²) in [5.41, 5.74) is 2.37. The van der Waals surface area contributed by atoms with Crippen LogP contribution in [0.4, 0.5) is 17.8 Å². The van der Waals surface area contributed by atoms with E-state index in [9.17, 15) is 0 Å². The van der Waals surface area contributed by atoms with Gasteiger partial charge in [0.15, 0.2) is 0 Å². The number of hydrogen-bond donors (Lipinski definition) is 2. The summed E-state index contributed by atoms with van der Waals surface area (Å²) >= 11 is 0. The van der Waals surface area contributed by atoms with Gasteiger partial charge in [0.2, 0.25) is 17.8 Å². The molecule has 8 heteroatoms. The zero-order chi connectivity index (χ0) is 15.5. The maximum Gasteiger partial charge on any atom is 0.243 e. The van der Waals surface area contributed by atoms with Crippen LogP contribution < -0.4 is 21.1 Å². The van der Waals surface area contributed by atoms with Crippen LogP contribution >= 0.6 is 0 Å². The third-order valence-electron chi connectivity index (χ3n) is 3.67. The van der Waals surface area contributed by atoms with Crippen LogP contribution in [-0.4, -0.2) is 53.3 Å². The van der Waals surface area contributed by atoms with Crippen molar-refractivity contribution in [1.82, 2.24) is 15.0 Å². The molecule has 0 bridgehead atoms. The first kappa shape index (κ1) is 15.7. The molecule has 1 saturated heterocycles. The van der Waals surface area contributed by atoms with E-state index < -0.39 is 0 Å². The van der Waals surface area contributed by atoms with Crippen molar-refractivity contribution >= 4 is 17.8 Å². The number of nitrogens with zero attached hydrogens (tertiary/aromatic N) is 5. The predicted molar refractivity (Wildman–Crippen MR) is 83.4 cm³/mol. The van der Waals surface area contributed by atoms with Crippen LogP contribution in [0.25, 0.3) is 0 Å². The SMILES string of the molecule is CCN(CC)c1nc(NN)nc(N2CCOCC2(C)C)n1. The third kappa shape index (κ3) is 3.33. The average Bonchev–Trinajstić information content (AvgIpc) is 2.47. The smallest absolute Gasteiger partial charge is 0.243 e. The van der Waals surface area contributed by atoms with Gasteiger partial charge in [-0.25, -0.2) is 5.84 Å². The first-order chi connectivity index (χ1) is 10.0. The predicted octanol–water partition coefficient (Wildman–Crippen LogP) is 0.619. The molecular formula is C13H25N7O. The molecule has 0 atom stereocenters. The second kappa shape index (κ2) is 6.40. The van der Waals surface area contributed by atoms with E-state index in [4.69, 9.17) is 10.6 Å². The molecule has 0 aromatic carbocycles. The second-order valence-electron chi connectivity index (χ2n) is 5.59. The first-order valence-electron chi connectivity index (χ1n) is 7.34. The molecule has 0 aliphatic carbocycles. The summed E-state index contributed by atoms with van der Waals surface area (Å²) in [5.74, 6) is 7.15. The molecule has 0 unspecified atom stereocenters. The number of hydrazine groups is 1. The summed E-state index contributed by atoms with van der Waals surface area (Å²) in [6, 6.07) is 0. The minimum atomic E-state index is -0.161. The lowest BCUT2D eigenvalue weighted by Crippen LogP contribution is -2.54. The van der Waals surface area contributed by atoms with E-state index in [1.54, 1.807) is 0 Å². The van der Waals surface area contributed by atoms with Crippen LogP contribution in [-0.2, 0) is 4.74 Å². The first-order valence-corrected chi connectivity index (χ1v) is 7.34. The molecule has 0 radical (unpaired) electrons. The Balaban J connectivity index is 2.40. The maximum atomic E-state index is 5.55. The van der Waals surface area contributed by atoms with Gasteiger partial charge in [0, 0.05) is 19.6 Å². The standard InChI is InChI=1S/C13H25N7O/c1-5-19(6-2)11-15-10(18-14)16-12(17-11)20-7-8-21-9-13(20,3)4/h5-9,14H2,1-4H3,(H,15,16,17,18). The highest BCUT2D eigenvalue weighted by atomic mass is 16.5. The molecule has 2 heterocycles. The molecule has 21 heavy (non-hydrogen) atoms. The van der Waals surface area contributed by atoms with E-state index in [-0.39, 0.29) is 5.54 Å². The maximum absolute atomic E-state index is 5.55. The van der Waals surface area contributed by atoms with Gasteiger partial charge >= 0.3 is 0 Å². The van der Waals surface area contributed by atoms with Crippen LogP contribution in [0, 0.1) is 0 Å². The number of rotatable bonds is 5. The van der Waals surface area contributed by atoms with E-state index >= 15 is 0 Å². The van der Waals surface area contributed by atoms with Crippen molar-refractivity contribution in [3.05, 3.63) is 0 Å². The van der Waals surface area contributed by atoms with Crippen LogP contribution in [0.15, 0.2) is 0 Å². The molecule has 1 aliphatic heterocycles. The Labute approximate surface area is 125 Å². The van der Waals surface area contributed by atoms with Gasteiger partial charge in [-0.15, -0.1) is 0 Å². The molecule has 1 fully saturated rings. The van der Waals surface area contributed by atoms with E-state index in [1.807, 2.05) is 0 Å². The molecule has 1 aromatic rings. The minimum absolute atomic E-state index is 0.161. The van der Waals surface area contributed by atoms with Crippen LogP contribution in [0.2, 0.25) is 0 Å². The molecule has 0 saturated carbocycles. The quantitative estimate of drug-likeness (QED) is 0.603. The number of anilines is 3. The van der Waals surface area contributed by atoms with Crippen molar-refractivity contribution in [2.24, 2.45) is 5.84 Å². The summed E-state index contributed by atoms with van der Waals surface area (Å²) in [5, 5.41) is 0. The zero-order valence-electron chi connectivity index (χ0n) is 13.3. The van der Waals surface area contributed by atoms with Gasteiger partial charge in [-0.3, -0.25) is 5.43 Å². The summed E-state index contributed by atoms with van der Waals surface area (Å²) < 4.78 is 5.55. The van der Waals surface area contributed by atoms with Crippen LogP contribution in [0.1, 0.15) is 27.7 Å². The Morgan fingerprint density at radius 2 is 2.00 bits per heavy atom.